The van der Waals surface area contributed by atoms with Gasteiger partial charge in [0, 0.05) is 24.7 Å². The fourth-order valence-electron chi connectivity index (χ4n) is 4.71. The number of rotatable bonds is 4. The third kappa shape index (κ3) is 2.47. The molecule has 3 N–H and O–H groups in total. The van der Waals surface area contributed by atoms with Crippen molar-refractivity contribution in [2.75, 3.05) is 18.4 Å². The molecule has 5 aliphatic rings. The summed E-state index contributed by atoms with van der Waals surface area (Å²) < 4.78 is 0. The minimum absolute atomic E-state index is 0.119. The van der Waals surface area contributed by atoms with Crippen molar-refractivity contribution in [3.63, 3.8) is 0 Å². The lowest BCUT2D eigenvalue weighted by Crippen LogP contribution is -2.54. The number of imide groups is 2. The molecule has 27 heavy (non-hydrogen) atoms. The van der Waals surface area contributed by atoms with Gasteiger partial charge in [0.2, 0.25) is 11.8 Å². The van der Waals surface area contributed by atoms with Crippen LogP contribution >= 0.6 is 0 Å². The Bertz CT molecular complexity index is 868. The molecule has 4 aliphatic heterocycles. The summed E-state index contributed by atoms with van der Waals surface area (Å²) >= 11 is 0. The number of hydrogen-bond acceptors (Lipinski definition) is 6. The van der Waals surface area contributed by atoms with Crippen molar-refractivity contribution in [3.8, 4) is 0 Å². The average molecular weight is 368 g/mol. The third-order valence-corrected chi connectivity index (χ3v) is 6.30. The summed E-state index contributed by atoms with van der Waals surface area (Å²) in [6.07, 6.45) is 1.53. The lowest BCUT2D eigenvalue weighted by Gasteiger charge is -2.34. The summed E-state index contributed by atoms with van der Waals surface area (Å²) in [5.74, 6) is -0.583. The molecule has 0 aromatic heterocycles. The fraction of sp³-hybridized carbons (Fsp3) is 0.474. The van der Waals surface area contributed by atoms with Gasteiger partial charge in [-0.1, -0.05) is 0 Å². The monoisotopic (exact) mass is 368 g/mol. The summed E-state index contributed by atoms with van der Waals surface area (Å²) in [5.41, 5.74) is 1.41. The molecule has 1 unspecified atom stereocenters. The van der Waals surface area contributed by atoms with Crippen LogP contribution < -0.4 is 16.0 Å². The molecule has 1 saturated carbocycles. The first-order valence-corrected chi connectivity index (χ1v) is 9.36. The average Bonchev–Trinajstić information content (AvgIpc) is 3.32. The number of fused-ring (bicyclic) bond motifs is 2. The van der Waals surface area contributed by atoms with E-state index >= 15 is 0 Å². The summed E-state index contributed by atoms with van der Waals surface area (Å²) in [6, 6.07) is 4.78. The van der Waals surface area contributed by atoms with Gasteiger partial charge < -0.3 is 10.6 Å². The maximum atomic E-state index is 12.8. The van der Waals surface area contributed by atoms with Crippen LogP contribution in [-0.2, 0) is 9.59 Å². The van der Waals surface area contributed by atoms with Crippen molar-refractivity contribution < 1.29 is 19.2 Å². The molecule has 8 heteroatoms. The zero-order valence-corrected chi connectivity index (χ0v) is 14.7. The minimum atomic E-state index is -0.928. The second kappa shape index (κ2) is 5.88. The number of nitrogens with one attached hydrogen (secondary N) is 3. The van der Waals surface area contributed by atoms with Crippen molar-refractivity contribution in [1.82, 2.24) is 15.5 Å². The van der Waals surface area contributed by atoms with E-state index in [9.17, 15) is 19.2 Å². The van der Waals surface area contributed by atoms with Crippen molar-refractivity contribution in [2.45, 2.75) is 31.3 Å². The smallest absolute Gasteiger partial charge is 0.262 e. The molecule has 1 aliphatic carbocycles. The maximum absolute atomic E-state index is 12.8. The van der Waals surface area contributed by atoms with Crippen LogP contribution in [0.1, 0.15) is 40.0 Å². The first-order chi connectivity index (χ1) is 13.0. The Morgan fingerprint density at radius 3 is 2.63 bits per heavy atom. The molecule has 4 heterocycles. The number of hydrogen-bond donors (Lipinski definition) is 3. The highest BCUT2D eigenvalue weighted by Gasteiger charge is 2.46. The van der Waals surface area contributed by atoms with Crippen LogP contribution in [0.3, 0.4) is 0 Å². The van der Waals surface area contributed by atoms with Gasteiger partial charge in [0.05, 0.1) is 11.1 Å². The van der Waals surface area contributed by atoms with Crippen molar-refractivity contribution in [1.29, 1.82) is 0 Å². The molecule has 6 rings (SSSR count). The number of carbonyl (C=O) groups is 4. The molecule has 3 saturated heterocycles. The SMILES string of the molecule is O=C1CCC(N2C(=O)c3ccc(NC[C@@H]4[C@@H]5CN[C@H]4C5)cc3C2=O)C(=O)N1. The molecule has 4 fully saturated rings. The Morgan fingerprint density at radius 1 is 1.11 bits per heavy atom. The number of benzene rings is 1. The third-order valence-electron chi connectivity index (χ3n) is 6.30. The fourth-order valence-corrected chi connectivity index (χ4v) is 4.71. The van der Waals surface area contributed by atoms with E-state index in [1.54, 1.807) is 18.2 Å². The number of amides is 4. The normalized spacial score (nSPS) is 31.6. The maximum Gasteiger partial charge on any atom is 0.262 e. The van der Waals surface area contributed by atoms with Crippen LogP contribution in [0.5, 0.6) is 0 Å². The van der Waals surface area contributed by atoms with Crippen LogP contribution in [0.4, 0.5) is 5.69 Å². The van der Waals surface area contributed by atoms with Crippen LogP contribution in [0.2, 0.25) is 0 Å². The van der Waals surface area contributed by atoms with Gasteiger partial charge in [-0.15, -0.1) is 0 Å². The largest absolute Gasteiger partial charge is 0.385 e. The Balaban J connectivity index is 1.33. The minimum Gasteiger partial charge on any atom is -0.385 e. The number of piperidine rings is 1. The zero-order valence-electron chi connectivity index (χ0n) is 14.7. The Morgan fingerprint density at radius 2 is 1.93 bits per heavy atom. The molecular weight excluding hydrogens is 348 g/mol. The molecule has 4 amide bonds. The van der Waals surface area contributed by atoms with Crippen molar-refractivity contribution in [2.24, 2.45) is 11.8 Å². The Labute approximate surface area is 155 Å². The van der Waals surface area contributed by atoms with Gasteiger partial charge in [-0.3, -0.25) is 29.4 Å². The van der Waals surface area contributed by atoms with Gasteiger partial charge in [-0.25, -0.2) is 0 Å². The topological polar surface area (TPSA) is 108 Å². The van der Waals surface area contributed by atoms with Gasteiger partial charge >= 0.3 is 0 Å². The summed E-state index contributed by atoms with van der Waals surface area (Å²) in [6.45, 7) is 1.91. The van der Waals surface area contributed by atoms with E-state index in [1.807, 2.05) is 0 Å². The number of anilines is 1. The van der Waals surface area contributed by atoms with Gasteiger partial charge in [-0.2, -0.15) is 0 Å². The second-order valence-electron chi connectivity index (χ2n) is 7.76. The summed E-state index contributed by atoms with van der Waals surface area (Å²) in [4.78, 5) is 49.9. The van der Waals surface area contributed by atoms with E-state index in [2.05, 4.69) is 16.0 Å². The van der Waals surface area contributed by atoms with E-state index in [0.29, 0.717) is 23.1 Å². The molecule has 0 spiro atoms. The molecule has 4 atom stereocenters. The van der Waals surface area contributed by atoms with Crippen molar-refractivity contribution in [3.05, 3.63) is 29.3 Å². The van der Waals surface area contributed by atoms with Crippen LogP contribution in [0.25, 0.3) is 0 Å². The van der Waals surface area contributed by atoms with Crippen LogP contribution in [0, 0.1) is 11.8 Å². The molecule has 0 radical (unpaired) electrons. The van der Waals surface area contributed by atoms with E-state index < -0.39 is 23.8 Å². The Kier molecular flexibility index (Phi) is 3.58. The zero-order chi connectivity index (χ0) is 18.7. The first-order valence-electron chi connectivity index (χ1n) is 9.36. The first kappa shape index (κ1) is 16.4. The highest BCUT2D eigenvalue weighted by atomic mass is 16.2. The molecule has 8 nitrogen and oxygen atoms in total. The summed E-state index contributed by atoms with van der Waals surface area (Å²) in [7, 11) is 0. The number of nitrogens with zero attached hydrogens (tertiary/aromatic N) is 1. The molecule has 2 bridgehead atoms. The van der Waals surface area contributed by atoms with Gasteiger partial charge in [0.25, 0.3) is 11.8 Å². The lowest BCUT2D eigenvalue weighted by atomic mass is 9.74. The highest BCUT2D eigenvalue weighted by molar-refractivity contribution is 6.23. The lowest BCUT2D eigenvalue weighted by molar-refractivity contribution is -0.136. The van der Waals surface area contributed by atoms with E-state index in [4.69, 9.17) is 0 Å². The Hall–Kier alpha value is -2.74. The van der Waals surface area contributed by atoms with E-state index in [1.165, 1.54) is 6.42 Å². The molecule has 1 aromatic carbocycles. The predicted molar refractivity (Wildman–Crippen MR) is 95.0 cm³/mol. The van der Waals surface area contributed by atoms with Gasteiger partial charge in [0.15, 0.2) is 0 Å². The van der Waals surface area contributed by atoms with Gasteiger partial charge in [-0.05, 0) is 49.4 Å². The molecule has 140 valence electrons. The van der Waals surface area contributed by atoms with E-state index in [0.717, 1.165) is 29.6 Å². The van der Waals surface area contributed by atoms with E-state index in [-0.39, 0.29) is 18.7 Å². The standard InChI is InChI=1S/C19H20N4O4/c24-16-4-3-15(17(25)22-16)23-18(26)11-2-1-10(6-12(11)19(23)27)20-8-13-9-5-14(13)21-7-9/h1-2,6,9,13-15,20-21H,3-5,7-8H2,(H,22,24,25)/t9-,13+,14-,15?/m0/s1. The highest BCUT2D eigenvalue weighted by Crippen LogP contribution is 2.40. The molecular formula is C19H20N4O4. The van der Waals surface area contributed by atoms with Gasteiger partial charge in [0.1, 0.15) is 6.04 Å². The number of carbonyl (C=O) groups excluding carboxylic acids is 4. The van der Waals surface area contributed by atoms with Crippen LogP contribution in [0.15, 0.2) is 18.2 Å². The van der Waals surface area contributed by atoms with Crippen LogP contribution in [-0.4, -0.2) is 53.7 Å². The quantitative estimate of drug-likeness (QED) is 0.651. The summed E-state index contributed by atoms with van der Waals surface area (Å²) in [5, 5.41) is 9.06. The predicted octanol–water partition coefficient (Wildman–Crippen LogP) is 0.108. The molecule has 1 aromatic rings. The second-order valence-corrected chi connectivity index (χ2v) is 7.76. The van der Waals surface area contributed by atoms with Crippen molar-refractivity contribution >= 4 is 29.3 Å².